The average Bonchev–Trinajstić information content (AvgIpc) is 2.71. The third-order valence-corrected chi connectivity index (χ3v) is 3.82. The van der Waals surface area contributed by atoms with Crippen molar-refractivity contribution >= 4 is 39.2 Å². The lowest BCUT2D eigenvalue weighted by molar-refractivity contribution is -0.127. The van der Waals surface area contributed by atoms with E-state index in [2.05, 4.69) is 21.2 Å². The summed E-state index contributed by atoms with van der Waals surface area (Å²) in [6.07, 6.45) is 0.217. The fourth-order valence-electron chi connectivity index (χ4n) is 2.19. The predicted molar refractivity (Wildman–Crippen MR) is 78.5 cm³/mol. The normalized spacial score (nSPS) is 18.2. The second-order valence-electron chi connectivity index (χ2n) is 4.91. The quantitative estimate of drug-likeness (QED) is 0.858. The molecule has 1 heterocycles. The van der Waals surface area contributed by atoms with E-state index in [1.54, 1.807) is 25.2 Å². The molecule has 5 nitrogen and oxygen atoms in total. The molecule has 1 N–H and O–H groups in total. The van der Waals surface area contributed by atoms with Gasteiger partial charge in [-0.3, -0.25) is 14.4 Å². The van der Waals surface area contributed by atoms with Gasteiger partial charge in [0.15, 0.2) is 5.78 Å². The van der Waals surface area contributed by atoms with E-state index in [9.17, 15) is 14.4 Å². The van der Waals surface area contributed by atoms with Gasteiger partial charge >= 0.3 is 0 Å². The zero-order chi connectivity index (χ0) is 14.9. The van der Waals surface area contributed by atoms with Crippen molar-refractivity contribution in [2.75, 3.05) is 18.9 Å². The summed E-state index contributed by atoms with van der Waals surface area (Å²) in [6, 6.07) is 5.11. The van der Waals surface area contributed by atoms with Gasteiger partial charge in [-0.25, -0.2) is 0 Å². The largest absolute Gasteiger partial charge is 0.345 e. The molecule has 106 valence electrons. The zero-order valence-electron chi connectivity index (χ0n) is 11.3. The zero-order valence-corrected chi connectivity index (χ0v) is 12.9. The first-order chi connectivity index (χ1) is 9.38. The molecule has 1 aromatic rings. The number of halogens is 1. The number of likely N-dealkylation sites (tertiary alicyclic amines) is 1. The minimum Gasteiger partial charge on any atom is -0.345 e. The lowest BCUT2D eigenvalue weighted by Gasteiger charge is -2.13. The number of Topliss-reactive ketones (excluding diaryl/α,β-unsaturated/α-hetero) is 1. The number of carbonyl (C=O) groups is 3. The van der Waals surface area contributed by atoms with Crippen LogP contribution in [0.15, 0.2) is 22.7 Å². The van der Waals surface area contributed by atoms with E-state index in [4.69, 9.17) is 0 Å². The van der Waals surface area contributed by atoms with Crippen molar-refractivity contribution in [3.8, 4) is 0 Å². The fraction of sp³-hybridized carbons (Fsp3) is 0.357. The summed E-state index contributed by atoms with van der Waals surface area (Å²) in [4.78, 5) is 36.7. The highest BCUT2D eigenvalue weighted by molar-refractivity contribution is 9.10. The number of hydrogen-bond acceptors (Lipinski definition) is 3. The summed E-state index contributed by atoms with van der Waals surface area (Å²) in [5.74, 6) is -0.752. The van der Waals surface area contributed by atoms with Crippen LogP contribution in [0.3, 0.4) is 0 Å². The molecule has 0 aliphatic carbocycles. The van der Waals surface area contributed by atoms with Crippen molar-refractivity contribution in [2.24, 2.45) is 5.92 Å². The lowest BCUT2D eigenvalue weighted by atomic mass is 10.1. The molecule has 20 heavy (non-hydrogen) atoms. The molecule has 2 rings (SSSR count). The molecular formula is C14H15BrN2O3. The maximum atomic E-state index is 12.2. The number of anilines is 1. The van der Waals surface area contributed by atoms with E-state index in [1.165, 1.54) is 11.8 Å². The third kappa shape index (κ3) is 3.07. The van der Waals surface area contributed by atoms with Crippen LogP contribution in [0.25, 0.3) is 0 Å². The molecule has 2 amide bonds. The second-order valence-corrected chi connectivity index (χ2v) is 5.83. The van der Waals surface area contributed by atoms with Crippen LogP contribution in [0.1, 0.15) is 23.7 Å². The molecule has 1 unspecified atom stereocenters. The first-order valence-corrected chi connectivity index (χ1v) is 7.03. The molecular weight excluding hydrogens is 324 g/mol. The van der Waals surface area contributed by atoms with E-state index in [0.717, 1.165) is 4.47 Å². The van der Waals surface area contributed by atoms with Gasteiger partial charge in [0, 0.05) is 30.0 Å². The Hall–Kier alpha value is -1.69. The van der Waals surface area contributed by atoms with Crippen molar-refractivity contribution < 1.29 is 14.4 Å². The molecule has 1 aliphatic rings. The van der Waals surface area contributed by atoms with Gasteiger partial charge in [-0.15, -0.1) is 0 Å². The number of carbonyl (C=O) groups excluding carboxylic acids is 3. The number of nitrogens with zero attached hydrogens (tertiary/aromatic N) is 1. The van der Waals surface area contributed by atoms with E-state index in [1.807, 2.05) is 0 Å². The predicted octanol–water partition coefficient (Wildman–Crippen LogP) is 2.07. The number of hydrogen-bond donors (Lipinski definition) is 1. The Labute approximate surface area is 125 Å². The maximum Gasteiger partial charge on any atom is 0.229 e. The third-order valence-electron chi connectivity index (χ3n) is 3.33. The summed E-state index contributed by atoms with van der Waals surface area (Å²) in [6.45, 7) is 1.86. The number of nitrogens with one attached hydrogen (secondary N) is 1. The van der Waals surface area contributed by atoms with Gasteiger partial charge in [0.05, 0.1) is 11.6 Å². The highest BCUT2D eigenvalue weighted by atomic mass is 79.9. The van der Waals surface area contributed by atoms with Gasteiger partial charge in [0.1, 0.15) is 0 Å². The molecule has 1 aromatic carbocycles. The fourth-order valence-corrected chi connectivity index (χ4v) is 2.55. The summed E-state index contributed by atoms with van der Waals surface area (Å²) < 4.78 is 0.775. The van der Waals surface area contributed by atoms with Gasteiger partial charge in [0.2, 0.25) is 11.8 Å². The monoisotopic (exact) mass is 338 g/mol. The van der Waals surface area contributed by atoms with Crippen molar-refractivity contribution in [1.82, 2.24) is 4.90 Å². The van der Waals surface area contributed by atoms with E-state index < -0.39 is 0 Å². The van der Waals surface area contributed by atoms with Crippen LogP contribution in [0.4, 0.5) is 5.69 Å². The number of amides is 2. The molecule has 0 aromatic heterocycles. The van der Waals surface area contributed by atoms with Crippen LogP contribution in [-0.2, 0) is 9.59 Å². The Morgan fingerprint density at radius 2 is 2.10 bits per heavy atom. The van der Waals surface area contributed by atoms with Crippen LogP contribution in [-0.4, -0.2) is 36.1 Å². The summed E-state index contributed by atoms with van der Waals surface area (Å²) >= 11 is 3.30. The second kappa shape index (κ2) is 5.75. The van der Waals surface area contributed by atoms with E-state index in [0.29, 0.717) is 17.8 Å². The summed E-state index contributed by atoms with van der Waals surface area (Å²) in [7, 11) is 1.68. The van der Waals surface area contributed by atoms with E-state index >= 15 is 0 Å². The topological polar surface area (TPSA) is 66.5 Å². The number of rotatable bonds is 3. The standard InChI is InChI=1S/C14H15BrN2O3/c1-8(18)11-6-10(15)3-4-12(11)16-14(20)9-5-13(19)17(2)7-9/h3-4,6,9H,5,7H2,1-2H3,(H,16,20). The van der Waals surface area contributed by atoms with Crippen LogP contribution in [0.5, 0.6) is 0 Å². The van der Waals surface area contributed by atoms with Crippen molar-refractivity contribution in [3.05, 3.63) is 28.2 Å². The molecule has 1 saturated heterocycles. The SMILES string of the molecule is CC(=O)c1cc(Br)ccc1NC(=O)C1CC(=O)N(C)C1. The molecule has 1 fully saturated rings. The molecule has 0 radical (unpaired) electrons. The molecule has 6 heteroatoms. The van der Waals surface area contributed by atoms with Gasteiger partial charge in [0.25, 0.3) is 0 Å². The Morgan fingerprint density at radius 3 is 2.65 bits per heavy atom. The van der Waals surface area contributed by atoms with Gasteiger partial charge in [-0.1, -0.05) is 15.9 Å². The molecule has 0 saturated carbocycles. The van der Waals surface area contributed by atoms with Gasteiger partial charge in [-0.2, -0.15) is 0 Å². The first-order valence-electron chi connectivity index (χ1n) is 6.24. The molecule has 1 atom stereocenters. The van der Waals surface area contributed by atoms with Crippen molar-refractivity contribution in [3.63, 3.8) is 0 Å². The minimum absolute atomic E-state index is 0.0345. The van der Waals surface area contributed by atoms with Crippen LogP contribution in [0.2, 0.25) is 0 Å². The summed E-state index contributed by atoms with van der Waals surface area (Å²) in [5, 5.41) is 2.74. The number of benzene rings is 1. The number of ketones is 1. The first kappa shape index (κ1) is 14.7. The maximum absolute atomic E-state index is 12.2. The van der Waals surface area contributed by atoms with E-state index in [-0.39, 0.29) is 29.9 Å². The van der Waals surface area contributed by atoms with Gasteiger partial charge in [-0.05, 0) is 25.1 Å². The van der Waals surface area contributed by atoms with Crippen LogP contribution in [0, 0.1) is 5.92 Å². The Bertz CT molecular complexity index is 586. The summed E-state index contributed by atoms with van der Waals surface area (Å²) in [5.41, 5.74) is 0.929. The smallest absolute Gasteiger partial charge is 0.229 e. The average molecular weight is 339 g/mol. The lowest BCUT2D eigenvalue weighted by Crippen LogP contribution is -2.26. The highest BCUT2D eigenvalue weighted by Gasteiger charge is 2.32. The van der Waals surface area contributed by atoms with Crippen LogP contribution < -0.4 is 5.32 Å². The molecule has 0 spiro atoms. The molecule has 1 aliphatic heterocycles. The van der Waals surface area contributed by atoms with Crippen LogP contribution >= 0.6 is 15.9 Å². The Morgan fingerprint density at radius 1 is 1.40 bits per heavy atom. The van der Waals surface area contributed by atoms with Crippen molar-refractivity contribution in [2.45, 2.75) is 13.3 Å². The Balaban J connectivity index is 2.16. The molecule has 0 bridgehead atoms. The Kier molecular flexibility index (Phi) is 4.23. The van der Waals surface area contributed by atoms with Gasteiger partial charge < -0.3 is 10.2 Å². The minimum atomic E-state index is -0.365. The highest BCUT2D eigenvalue weighted by Crippen LogP contribution is 2.24. The van der Waals surface area contributed by atoms with Crippen molar-refractivity contribution in [1.29, 1.82) is 0 Å².